The smallest absolute Gasteiger partial charge is 0.136 e. The standard InChI is InChI=1S/C12H12ClFN2/c1-3-11-8(2)15-16(12(11)13)10-6-4-5-9(14)7-10/h4-7H,3H2,1-2H3. The van der Waals surface area contributed by atoms with Gasteiger partial charge in [0.15, 0.2) is 0 Å². The molecule has 16 heavy (non-hydrogen) atoms. The third-order valence-electron chi connectivity index (χ3n) is 2.53. The molecule has 0 amide bonds. The minimum atomic E-state index is -0.292. The molecule has 0 radical (unpaired) electrons. The van der Waals surface area contributed by atoms with Crippen molar-refractivity contribution in [3.63, 3.8) is 0 Å². The lowest BCUT2D eigenvalue weighted by Gasteiger charge is -2.03. The molecular formula is C12H12ClFN2. The van der Waals surface area contributed by atoms with Crippen LogP contribution in [0, 0.1) is 12.7 Å². The molecule has 0 N–H and O–H groups in total. The highest BCUT2D eigenvalue weighted by atomic mass is 35.5. The van der Waals surface area contributed by atoms with Gasteiger partial charge in [0.1, 0.15) is 11.0 Å². The number of hydrogen-bond donors (Lipinski definition) is 0. The van der Waals surface area contributed by atoms with E-state index in [1.54, 1.807) is 16.8 Å². The maximum atomic E-state index is 13.1. The molecule has 1 aromatic carbocycles. The predicted octanol–water partition coefficient (Wildman–Crippen LogP) is 3.54. The van der Waals surface area contributed by atoms with Gasteiger partial charge in [0.05, 0.1) is 11.4 Å². The molecule has 1 heterocycles. The molecule has 2 aromatic rings. The number of nitrogens with zero attached hydrogens (tertiary/aromatic N) is 2. The van der Waals surface area contributed by atoms with E-state index >= 15 is 0 Å². The molecule has 0 aliphatic heterocycles. The SMILES string of the molecule is CCc1c(C)nn(-c2cccc(F)c2)c1Cl. The van der Waals surface area contributed by atoms with E-state index in [-0.39, 0.29) is 5.82 Å². The van der Waals surface area contributed by atoms with Crippen molar-refractivity contribution in [1.82, 2.24) is 9.78 Å². The highest BCUT2D eigenvalue weighted by molar-refractivity contribution is 6.30. The van der Waals surface area contributed by atoms with Crippen molar-refractivity contribution in [1.29, 1.82) is 0 Å². The first-order valence-electron chi connectivity index (χ1n) is 5.13. The fraction of sp³-hybridized carbons (Fsp3) is 0.250. The third kappa shape index (κ3) is 1.83. The first kappa shape index (κ1) is 11.1. The van der Waals surface area contributed by atoms with Gasteiger partial charge in [-0.1, -0.05) is 24.6 Å². The second-order valence-corrected chi connectivity index (χ2v) is 3.96. The summed E-state index contributed by atoms with van der Waals surface area (Å²) in [7, 11) is 0. The zero-order valence-electron chi connectivity index (χ0n) is 9.17. The molecule has 0 fully saturated rings. The zero-order valence-corrected chi connectivity index (χ0v) is 9.92. The van der Waals surface area contributed by atoms with Crippen LogP contribution in [0.25, 0.3) is 5.69 Å². The maximum absolute atomic E-state index is 13.1. The van der Waals surface area contributed by atoms with Gasteiger partial charge in [0.2, 0.25) is 0 Å². The summed E-state index contributed by atoms with van der Waals surface area (Å²) in [6.07, 6.45) is 0.819. The van der Waals surface area contributed by atoms with Crippen LogP contribution >= 0.6 is 11.6 Å². The summed E-state index contributed by atoms with van der Waals surface area (Å²) in [6.45, 7) is 3.92. The predicted molar refractivity (Wildman–Crippen MR) is 62.6 cm³/mol. The Balaban J connectivity index is 2.56. The number of halogens is 2. The Labute approximate surface area is 98.7 Å². The van der Waals surface area contributed by atoms with Crippen LogP contribution in [0.3, 0.4) is 0 Å². The summed E-state index contributed by atoms with van der Waals surface area (Å²) >= 11 is 6.19. The molecule has 0 saturated carbocycles. The summed E-state index contributed by atoms with van der Waals surface area (Å²) < 4.78 is 14.7. The van der Waals surface area contributed by atoms with Crippen molar-refractivity contribution in [2.24, 2.45) is 0 Å². The quantitative estimate of drug-likeness (QED) is 0.783. The van der Waals surface area contributed by atoms with Crippen molar-refractivity contribution >= 4 is 11.6 Å². The summed E-state index contributed by atoms with van der Waals surface area (Å²) in [5, 5.41) is 4.87. The van der Waals surface area contributed by atoms with Gasteiger partial charge in [-0.3, -0.25) is 0 Å². The average Bonchev–Trinajstić information content (AvgIpc) is 2.54. The molecule has 2 nitrogen and oxygen atoms in total. The molecule has 0 atom stereocenters. The molecule has 1 aromatic heterocycles. The molecule has 4 heteroatoms. The van der Waals surface area contributed by atoms with Gasteiger partial charge in [0, 0.05) is 5.56 Å². The molecular weight excluding hydrogens is 227 g/mol. The van der Waals surface area contributed by atoms with Gasteiger partial charge in [-0.25, -0.2) is 9.07 Å². The Hall–Kier alpha value is -1.35. The fourth-order valence-corrected chi connectivity index (χ4v) is 2.12. The fourth-order valence-electron chi connectivity index (χ4n) is 1.71. The Morgan fingerprint density at radius 2 is 2.19 bits per heavy atom. The second kappa shape index (κ2) is 4.26. The first-order valence-corrected chi connectivity index (χ1v) is 5.51. The van der Waals surface area contributed by atoms with E-state index in [9.17, 15) is 4.39 Å². The van der Waals surface area contributed by atoms with E-state index in [1.165, 1.54) is 12.1 Å². The lowest BCUT2D eigenvalue weighted by Crippen LogP contribution is -1.97. The van der Waals surface area contributed by atoms with Crippen LogP contribution in [0.4, 0.5) is 4.39 Å². The molecule has 84 valence electrons. The Kier molecular flexibility index (Phi) is 2.97. The summed E-state index contributed by atoms with van der Waals surface area (Å²) in [4.78, 5) is 0. The molecule has 2 rings (SSSR count). The van der Waals surface area contributed by atoms with Crippen LogP contribution < -0.4 is 0 Å². The normalized spacial score (nSPS) is 10.8. The lowest BCUT2D eigenvalue weighted by atomic mass is 10.2. The molecule has 0 aliphatic rings. The summed E-state index contributed by atoms with van der Waals surface area (Å²) in [5.74, 6) is -0.292. The summed E-state index contributed by atoms with van der Waals surface area (Å²) in [5.41, 5.74) is 2.54. The van der Waals surface area contributed by atoms with Crippen molar-refractivity contribution in [2.45, 2.75) is 20.3 Å². The lowest BCUT2D eigenvalue weighted by molar-refractivity contribution is 0.625. The Morgan fingerprint density at radius 3 is 2.75 bits per heavy atom. The largest absolute Gasteiger partial charge is 0.222 e. The van der Waals surface area contributed by atoms with Crippen molar-refractivity contribution < 1.29 is 4.39 Å². The first-order chi connectivity index (χ1) is 7.63. The average molecular weight is 239 g/mol. The van der Waals surface area contributed by atoms with Crippen LogP contribution in [-0.4, -0.2) is 9.78 Å². The number of benzene rings is 1. The maximum Gasteiger partial charge on any atom is 0.136 e. The van der Waals surface area contributed by atoms with E-state index in [0.717, 1.165) is 17.7 Å². The van der Waals surface area contributed by atoms with Gasteiger partial charge >= 0.3 is 0 Å². The zero-order chi connectivity index (χ0) is 11.7. The van der Waals surface area contributed by atoms with Crippen LogP contribution in [0.2, 0.25) is 5.15 Å². The van der Waals surface area contributed by atoms with Gasteiger partial charge < -0.3 is 0 Å². The van der Waals surface area contributed by atoms with E-state index in [1.807, 2.05) is 13.8 Å². The molecule has 0 saturated heterocycles. The van der Waals surface area contributed by atoms with E-state index in [4.69, 9.17) is 11.6 Å². The second-order valence-electron chi connectivity index (χ2n) is 3.60. The van der Waals surface area contributed by atoms with Crippen molar-refractivity contribution in [3.05, 3.63) is 46.5 Å². The van der Waals surface area contributed by atoms with Gasteiger partial charge in [-0.15, -0.1) is 0 Å². The van der Waals surface area contributed by atoms with E-state index in [2.05, 4.69) is 5.10 Å². The number of hydrogen-bond acceptors (Lipinski definition) is 1. The summed E-state index contributed by atoms with van der Waals surface area (Å²) in [6, 6.07) is 6.23. The number of rotatable bonds is 2. The molecule has 0 bridgehead atoms. The van der Waals surface area contributed by atoms with E-state index in [0.29, 0.717) is 10.8 Å². The topological polar surface area (TPSA) is 17.8 Å². The van der Waals surface area contributed by atoms with Gasteiger partial charge in [-0.05, 0) is 31.5 Å². The van der Waals surface area contributed by atoms with Gasteiger partial charge in [0.25, 0.3) is 0 Å². The minimum Gasteiger partial charge on any atom is -0.222 e. The van der Waals surface area contributed by atoms with Crippen molar-refractivity contribution in [2.75, 3.05) is 0 Å². The highest BCUT2D eigenvalue weighted by Gasteiger charge is 2.12. The van der Waals surface area contributed by atoms with Crippen molar-refractivity contribution in [3.8, 4) is 5.69 Å². The Bertz CT molecular complexity index is 520. The van der Waals surface area contributed by atoms with Gasteiger partial charge in [-0.2, -0.15) is 5.10 Å². The Morgan fingerprint density at radius 1 is 1.44 bits per heavy atom. The molecule has 0 unspecified atom stereocenters. The molecule has 0 aliphatic carbocycles. The monoisotopic (exact) mass is 238 g/mol. The number of aryl methyl sites for hydroxylation is 1. The molecule has 0 spiro atoms. The van der Waals surface area contributed by atoms with Crippen LogP contribution in [-0.2, 0) is 6.42 Å². The van der Waals surface area contributed by atoms with Crippen LogP contribution in [0.1, 0.15) is 18.2 Å². The van der Waals surface area contributed by atoms with Crippen LogP contribution in [0.5, 0.6) is 0 Å². The van der Waals surface area contributed by atoms with E-state index < -0.39 is 0 Å². The minimum absolute atomic E-state index is 0.292. The highest BCUT2D eigenvalue weighted by Crippen LogP contribution is 2.23. The number of aromatic nitrogens is 2. The van der Waals surface area contributed by atoms with Crippen LogP contribution in [0.15, 0.2) is 24.3 Å². The third-order valence-corrected chi connectivity index (χ3v) is 2.92.